The molecule has 0 bridgehead atoms. The number of nitriles is 1. The van der Waals surface area contributed by atoms with Gasteiger partial charge in [0.25, 0.3) is 5.92 Å². The molecule has 0 saturated carbocycles. The van der Waals surface area contributed by atoms with Crippen LogP contribution in [0.15, 0.2) is 24.5 Å². The molecule has 0 radical (unpaired) electrons. The Morgan fingerprint density at radius 1 is 1.31 bits per heavy atom. The first-order valence-corrected chi connectivity index (χ1v) is 9.11. The fourth-order valence-electron chi connectivity index (χ4n) is 3.33. The van der Waals surface area contributed by atoms with Crippen LogP contribution in [0.4, 0.5) is 19.1 Å². The number of benzene rings is 1. The zero-order valence-corrected chi connectivity index (χ0v) is 15.7. The van der Waals surface area contributed by atoms with E-state index < -0.39 is 24.2 Å². The van der Waals surface area contributed by atoms with Gasteiger partial charge in [0.1, 0.15) is 23.2 Å². The van der Waals surface area contributed by atoms with Gasteiger partial charge in [0, 0.05) is 31.9 Å². The molecule has 1 aliphatic heterocycles. The maximum atomic E-state index is 14.1. The van der Waals surface area contributed by atoms with E-state index in [-0.39, 0.29) is 30.7 Å². The van der Waals surface area contributed by atoms with Crippen LogP contribution in [-0.4, -0.2) is 44.6 Å². The van der Waals surface area contributed by atoms with Crippen molar-refractivity contribution in [3.63, 3.8) is 0 Å². The maximum absolute atomic E-state index is 14.1. The first-order chi connectivity index (χ1) is 13.8. The molecule has 0 amide bonds. The molecule has 7 nitrogen and oxygen atoms in total. The van der Waals surface area contributed by atoms with Gasteiger partial charge in [-0.2, -0.15) is 5.26 Å². The molecule has 3 heterocycles. The molecule has 1 aliphatic rings. The molecule has 1 atom stereocenters. The minimum Gasteiger partial charge on any atom is -0.340 e. The lowest BCUT2D eigenvalue weighted by molar-refractivity contribution is -0.0395. The summed E-state index contributed by atoms with van der Waals surface area (Å²) in [6, 6.07) is 2.87. The Morgan fingerprint density at radius 2 is 2.03 bits per heavy atom. The van der Waals surface area contributed by atoms with Crippen molar-refractivity contribution in [3.05, 3.63) is 46.8 Å². The first kappa shape index (κ1) is 19.4. The SMILES string of the molecule is N#Cc1cc(F)cc2c1nc(N1CCC(F)(F)[C@H](N)C1)n2Cc1ncc(Cl)cn1. The van der Waals surface area contributed by atoms with E-state index in [1.165, 1.54) is 18.5 Å². The number of hydrogen-bond acceptors (Lipinski definition) is 6. The zero-order valence-electron chi connectivity index (χ0n) is 15.0. The number of imidazole rings is 1. The van der Waals surface area contributed by atoms with Crippen molar-refractivity contribution in [2.75, 3.05) is 18.0 Å². The highest BCUT2D eigenvalue weighted by Gasteiger charge is 2.43. The van der Waals surface area contributed by atoms with Crippen molar-refractivity contribution >= 4 is 28.6 Å². The third-order valence-electron chi connectivity index (χ3n) is 4.85. The second kappa shape index (κ2) is 7.17. The fourth-order valence-corrected chi connectivity index (χ4v) is 3.43. The van der Waals surface area contributed by atoms with Crippen LogP contribution in [0, 0.1) is 17.1 Å². The summed E-state index contributed by atoms with van der Waals surface area (Å²) < 4.78 is 43.4. The summed E-state index contributed by atoms with van der Waals surface area (Å²) in [6.45, 7) is -0.0442. The Kier molecular flexibility index (Phi) is 4.80. The number of anilines is 1. The van der Waals surface area contributed by atoms with Crippen molar-refractivity contribution in [1.29, 1.82) is 5.26 Å². The van der Waals surface area contributed by atoms with E-state index in [1.807, 2.05) is 6.07 Å². The molecule has 4 rings (SSSR count). The van der Waals surface area contributed by atoms with Crippen LogP contribution in [0.1, 0.15) is 17.8 Å². The van der Waals surface area contributed by atoms with Gasteiger partial charge in [-0.25, -0.2) is 28.1 Å². The Morgan fingerprint density at radius 3 is 2.69 bits per heavy atom. The third kappa shape index (κ3) is 3.59. The number of aromatic nitrogens is 4. The summed E-state index contributed by atoms with van der Waals surface area (Å²) in [4.78, 5) is 14.3. The summed E-state index contributed by atoms with van der Waals surface area (Å²) in [7, 11) is 0. The second-order valence-corrected chi connectivity index (χ2v) is 7.25. The number of nitrogens with two attached hydrogens (primary N) is 1. The van der Waals surface area contributed by atoms with Crippen LogP contribution in [-0.2, 0) is 6.54 Å². The molecule has 3 aromatic rings. The molecule has 1 saturated heterocycles. The van der Waals surface area contributed by atoms with Crippen molar-refractivity contribution in [2.45, 2.75) is 24.9 Å². The average Bonchev–Trinajstić information content (AvgIpc) is 3.03. The van der Waals surface area contributed by atoms with Crippen molar-refractivity contribution in [1.82, 2.24) is 19.5 Å². The van der Waals surface area contributed by atoms with Gasteiger partial charge < -0.3 is 15.2 Å². The number of piperidine rings is 1. The van der Waals surface area contributed by atoms with Crippen molar-refractivity contribution in [2.24, 2.45) is 5.73 Å². The highest BCUT2D eigenvalue weighted by molar-refractivity contribution is 6.30. The quantitative estimate of drug-likeness (QED) is 0.698. The van der Waals surface area contributed by atoms with E-state index in [0.717, 1.165) is 6.07 Å². The zero-order chi connectivity index (χ0) is 20.8. The summed E-state index contributed by atoms with van der Waals surface area (Å²) in [5.74, 6) is -2.92. The van der Waals surface area contributed by atoms with E-state index in [0.29, 0.717) is 22.3 Å². The number of nitrogens with zero attached hydrogens (tertiary/aromatic N) is 6. The summed E-state index contributed by atoms with van der Waals surface area (Å²) in [5, 5.41) is 9.72. The number of hydrogen-bond donors (Lipinski definition) is 1. The average molecular weight is 422 g/mol. The molecular formula is C18H15ClF3N7. The molecular weight excluding hydrogens is 407 g/mol. The Bertz CT molecular complexity index is 1110. The van der Waals surface area contributed by atoms with Crippen molar-refractivity contribution < 1.29 is 13.2 Å². The minimum atomic E-state index is -2.98. The Labute approximate surface area is 168 Å². The molecule has 11 heteroatoms. The largest absolute Gasteiger partial charge is 0.340 e. The highest BCUT2D eigenvalue weighted by Crippen LogP contribution is 2.32. The summed E-state index contributed by atoms with van der Waals surface area (Å²) in [6.07, 6.45) is 2.40. The first-order valence-electron chi connectivity index (χ1n) is 8.73. The maximum Gasteiger partial charge on any atom is 0.266 e. The lowest BCUT2D eigenvalue weighted by Crippen LogP contribution is -2.55. The second-order valence-electron chi connectivity index (χ2n) is 6.81. The van der Waals surface area contributed by atoms with Gasteiger partial charge in [-0.15, -0.1) is 0 Å². The van der Waals surface area contributed by atoms with Crippen LogP contribution in [0.5, 0.6) is 0 Å². The minimum absolute atomic E-state index is 0.00979. The smallest absolute Gasteiger partial charge is 0.266 e. The van der Waals surface area contributed by atoms with E-state index in [9.17, 15) is 18.4 Å². The van der Waals surface area contributed by atoms with Gasteiger partial charge in [0.15, 0.2) is 0 Å². The fraction of sp³-hybridized carbons (Fsp3) is 0.333. The Hall–Kier alpha value is -2.90. The van der Waals surface area contributed by atoms with Gasteiger partial charge in [0.2, 0.25) is 5.95 Å². The highest BCUT2D eigenvalue weighted by atomic mass is 35.5. The topological polar surface area (TPSA) is 96.7 Å². The van der Waals surface area contributed by atoms with Gasteiger partial charge in [-0.05, 0) is 12.1 Å². The van der Waals surface area contributed by atoms with E-state index in [2.05, 4.69) is 15.0 Å². The van der Waals surface area contributed by atoms with Gasteiger partial charge in [0.05, 0.1) is 28.7 Å². The lowest BCUT2D eigenvalue weighted by Gasteiger charge is -2.37. The summed E-state index contributed by atoms with van der Waals surface area (Å²) >= 11 is 5.82. The van der Waals surface area contributed by atoms with Crippen LogP contribution in [0.3, 0.4) is 0 Å². The van der Waals surface area contributed by atoms with Crippen molar-refractivity contribution in [3.8, 4) is 6.07 Å². The number of alkyl halides is 2. The monoisotopic (exact) mass is 421 g/mol. The molecule has 0 spiro atoms. The van der Waals surface area contributed by atoms with E-state index >= 15 is 0 Å². The lowest BCUT2D eigenvalue weighted by atomic mass is 10.0. The van der Waals surface area contributed by atoms with E-state index in [1.54, 1.807) is 9.47 Å². The van der Waals surface area contributed by atoms with Crippen LogP contribution >= 0.6 is 11.6 Å². The molecule has 29 heavy (non-hydrogen) atoms. The van der Waals surface area contributed by atoms with Crippen LogP contribution in [0.2, 0.25) is 5.02 Å². The summed E-state index contributed by atoms with van der Waals surface area (Å²) in [5.41, 5.74) is 6.30. The molecule has 2 N–H and O–H groups in total. The van der Waals surface area contributed by atoms with Crippen LogP contribution in [0.25, 0.3) is 11.0 Å². The predicted molar refractivity (Wildman–Crippen MR) is 100 cm³/mol. The molecule has 2 aromatic heterocycles. The Balaban J connectivity index is 1.84. The number of fused-ring (bicyclic) bond motifs is 1. The standard InChI is InChI=1S/C18H15ClF3N7/c19-11-6-25-15(26-7-11)9-29-13-4-12(20)3-10(5-23)16(13)27-17(29)28-2-1-18(21,22)14(24)8-28/h3-4,6-7,14H,1-2,8-9,24H2/t14-/m1/s1. The molecule has 0 unspecified atom stereocenters. The number of rotatable bonds is 3. The third-order valence-corrected chi connectivity index (χ3v) is 5.05. The van der Waals surface area contributed by atoms with Crippen LogP contribution < -0.4 is 10.6 Å². The molecule has 1 fully saturated rings. The van der Waals surface area contributed by atoms with Gasteiger partial charge >= 0.3 is 0 Å². The normalized spacial score (nSPS) is 18.8. The molecule has 150 valence electrons. The molecule has 0 aliphatic carbocycles. The predicted octanol–water partition coefficient (Wildman–Crippen LogP) is 2.71. The molecule has 1 aromatic carbocycles. The van der Waals surface area contributed by atoms with E-state index in [4.69, 9.17) is 17.3 Å². The van der Waals surface area contributed by atoms with Gasteiger partial charge in [-0.1, -0.05) is 11.6 Å². The van der Waals surface area contributed by atoms with Gasteiger partial charge in [-0.3, -0.25) is 0 Å². The number of halogens is 4.